The van der Waals surface area contributed by atoms with E-state index in [1.165, 1.54) is 11.1 Å². The van der Waals surface area contributed by atoms with Crippen LogP contribution in [0.25, 0.3) is 10.5 Å². The van der Waals surface area contributed by atoms with Crippen molar-refractivity contribution in [2.24, 2.45) is 0 Å². The molecule has 1 aliphatic heterocycles. The van der Waals surface area contributed by atoms with E-state index in [0.717, 1.165) is 62.4 Å². The lowest BCUT2D eigenvalue weighted by Gasteiger charge is -2.41. The van der Waals surface area contributed by atoms with E-state index in [9.17, 15) is 4.79 Å². The van der Waals surface area contributed by atoms with E-state index in [0.29, 0.717) is 12.5 Å². The molecule has 1 aromatic heterocycles. The molecule has 5 rings (SSSR count). The Hall–Kier alpha value is -3.50. The van der Waals surface area contributed by atoms with Gasteiger partial charge in [0, 0.05) is 32.2 Å². The number of fused-ring (bicyclic) bond motifs is 1. The van der Waals surface area contributed by atoms with Gasteiger partial charge in [-0.2, -0.15) is 0 Å². The van der Waals surface area contributed by atoms with E-state index in [1.54, 1.807) is 17.1 Å². The van der Waals surface area contributed by atoms with Crippen LogP contribution in [0.2, 0.25) is 0 Å². The smallest absolute Gasteiger partial charge is 0.227 e. The van der Waals surface area contributed by atoms with Crippen molar-refractivity contribution in [3.05, 3.63) is 83.0 Å². The normalized spacial score (nSPS) is 18.7. The third kappa shape index (κ3) is 4.27. The van der Waals surface area contributed by atoms with E-state index in [2.05, 4.69) is 32.2 Å². The number of hydrogen-bond donors (Lipinski definition) is 0. The van der Waals surface area contributed by atoms with Gasteiger partial charge in [0.05, 0.1) is 31.1 Å². The van der Waals surface area contributed by atoms with Gasteiger partial charge in [-0.3, -0.25) is 9.69 Å². The molecule has 2 aromatic carbocycles. The third-order valence-electron chi connectivity index (χ3n) is 6.68. The van der Waals surface area contributed by atoms with Gasteiger partial charge >= 0.3 is 0 Å². The summed E-state index contributed by atoms with van der Waals surface area (Å²) in [5.41, 5.74) is 5.39. The SMILES string of the molecule is [C-]#[N+]c1ccc2c(c1)CC(N1CCN(C(=O)Cc3ccc(-n4ccnn4)cc3)CC1)CC2. The Kier molecular flexibility index (Phi) is 5.70. The number of amides is 1. The van der Waals surface area contributed by atoms with Crippen LogP contribution in [0, 0.1) is 6.57 Å². The minimum absolute atomic E-state index is 0.189. The molecule has 1 unspecified atom stereocenters. The Bertz CT molecular complexity index is 1120. The summed E-state index contributed by atoms with van der Waals surface area (Å²) in [4.78, 5) is 21.0. The van der Waals surface area contributed by atoms with Crippen molar-refractivity contribution in [2.75, 3.05) is 26.2 Å². The average molecular weight is 427 g/mol. The number of aromatic nitrogens is 3. The third-order valence-corrected chi connectivity index (χ3v) is 6.68. The minimum atomic E-state index is 0.189. The standard InChI is InChI=1S/C25H26N6O/c1-26-22-6-4-20-5-9-24(18-21(20)17-22)29-12-14-30(15-13-29)25(32)16-19-2-7-23(8-3-19)31-11-10-27-28-31/h2-4,6-8,10-11,17,24H,5,9,12-16,18H2. The fraction of sp³-hybridized carbons (Fsp3) is 0.360. The number of hydrogen-bond acceptors (Lipinski definition) is 4. The molecule has 1 atom stereocenters. The topological polar surface area (TPSA) is 58.6 Å². The Morgan fingerprint density at radius 1 is 1.06 bits per heavy atom. The molecule has 7 nitrogen and oxygen atoms in total. The van der Waals surface area contributed by atoms with Crippen LogP contribution < -0.4 is 0 Å². The summed E-state index contributed by atoms with van der Waals surface area (Å²) in [5.74, 6) is 0.189. The van der Waals surface area contributed by atoms with Crippen LogP contribution in [0.15, 0.2) is 54.9 Å². The highest BCUT2D eigenvalue weighted by atomic mass is 16.2. The van der Waals surface area contributed by atoms with E-state index < -0.39 is 0 Å². The number of benzene rings is 2. The first-order valence-corrected chi connectivity index (χ1v) is 11.2. The highest BCUT2D eigenvalue weighted by molar-refractivity contribution is 5.79. The summed E-state index contributed by atoms with van der Waals surface area (Å²) in [6.07, 6.45) is 7.10. The minimum Gasteiger partial charge on any atom is -0.340 e. The van der Waals surface area contributed by atoms with E-state index in [-0.39, 0.29) is 5.91 Å². The molecule has 32 heavy (non-hydrogen) atoms. The molecule has 0 N–H and O–H groups in total. The molecule has 1 amide bonds. The number of piperazine rings is 1. The number of aryl methyl sites for hydroxylation is 1. The van der Waals surface area contributed by atoms with Gasteiger partial charge in [-0.05, 0) is 42.5 Å². The molecule has 3 aromatic rings. The monoisotopic (exact) mass is 426 g/mol. The fourth-order valence-corrected chi connectivity index (χ4v) is 4.84. The number of rotatable bonds is 4. The molecule has 1 saturated heterocycles. The molecule has 0 saturated carbocycles. The van der Waals surface area contributed by atoms with Gasteiger partial charge < -0.3 is 4.90 Å². The van der Waals surface area contributed by atoms with Crippen molar-refractivity contribution >= 4 is 11.6 Å². The maximum Gasteiger partial charge on any atom is 0.227 e. The lowest BCUT2D eigenvalue weighted by atomic mass is 9.87. The van der Waals surface area contributed by atoms with E-state index in [1.807, 2.05) is 35.2 Å². The number of carbonyl (C=O) groups is 1. The number of nitrogens with zero attached hydrogens (tertiary/aromatic N) is 6. The van der Waals surface area contributed by atoms with Gasteiger partial charge in [0.2, 0.25) is 5.91 Å². The summed E-state index contributed by atoms with van der Waals surface area (Å²) >= 11 is 0. The van der Waals surface area contributed by atoms with Crippen LogP contribution in [0.3, 0.4) is 0 Å². The quantitative estimate of drug-likeness (QED) is 0.602. The van der Waals surface area contributed by atoms with Crippen LogP contribution in [0.1, 0.15) is 23.1 Å². The molecule has 0 radical (unpaired) electrons. The summed E-state index contributed by atoms with van der Waals surface area (Å²) in [6.45, 7) is 10.7. The molecule has 0 spiro atoms. The van der Waals surface area contributed by atoms with Crippen LogP contribution >= 0.6 is 0 Å². The predicted octanol–water partition coefficient (Wildman–Crippen LogP) is 3.06. The average Bonchev–Trinajstić information content (AvgIpc) is 3.39. The van der Waals surface area contributed by atoms with Crippen LogP contribution in [0.4, 0.5) is 5.69 Å². The van der Waals surface area contributed by atoms with E-state index >= 15 is 0 Å². The molecule has 1 fully saturated rings. The zero-order chi connectivity index (χ0) is 21.9. The van der Waals surface area contributed by atoms with Gasteiger partial charge in [-0.25, -0.2) is 9.53 Å². The largest absolute Gasteiger partial charge is 0.340 e. The van der Waals surface area contributed by atoms with Gasteiger partial charge in [0.25, 0.3) is 0 Å². The van der Waals surface area contributed by atoms with Crippen molar-refractivity contribution in [3.63, 3.8) is 0 Å². The van der Waals surface area contributed by atoms with Gasteiger partial charge in [0.15, 0.2) is 5.69 Å². The lowest BCUT2D eigenvalue weighted by molar-refractivity contribution is -0.132. The van der Waals surface area contributed by atoms with Crippen molar-refractivity contribution in [1.82, 2.24) is 24.8 Å². The second kappa shape index (κ2) is 8.93. The Balaban J connectivity index is 1.14. The van der Waals surface area contributed by atoms with E-state index in [4.69, 9.17) is 6.57 Å². The molecule has 7 heteroatoms. The Morgan fingerprint density at radius 3 is 2.59 bits per heavy atom. The molecule has 162 valence electrons. The summed E-state index contributed by atoms with van der Waals surface area (Å²) in [5, 5.41) is 7.82. The molecule has 0 bridgehead atoms. The second-order valence-corrected chi connectivity index (χ2v) is 8.57. The zero-order valence-electron chi connectivity index (χ0n) is 18.0. The summed E-state index contributed by atoms with van der Waals surface area (Å²) in [6, 6.07) is 14.5. The molecule has 2 heterocycles. The Labute approximate surface area is 188 Å². The van der Waals surface area contributed by atoms with Crippen molar-refractivity contribution in [1.29, 1.82) is 0 Å². The van der Waals surface area contributed by atoms with Crippen molar-refractivity contribution in [2.45, 2.75) is 31.7 Å². The van der Waals surface area contributed by atoms with Crippen molar-refractivity contribution < 1.29 is 4.79 Å². The maximum atomic E-state index is 12.8. The van der Waals surface area contributed by atoms with Gasteiger partial charge in [-0.1, -0.05) is 41.1 Å². The highest BCUT2D eigenvalue weighted by Crippen LogP contribution is 2.28. The molecular formula is C25H26N6O. The van der Waals surface area contributed by atoms with Gasteiger partial charge in [-0.15, -0.1) is 5.10 Å². The second-order valence-electron chi connectivity index (χ2n) is 8.57. The van der Waals surface area contributed by atoms with Crippen LogP contribution in [-0.2, 0) is 24.1 Å². The first-order chi connectivity index (χ1) is 15.7. The molecule has 1 aliphatic carbocycles. The number of carbonyl (C=O) groups excluding carboxylic acids is 1. The predicted molar refractivity (Wildman–Crippen MR) is 122 cm³/mol. The maximum absolute atomic E-state index is 12.8. The van der Waals surface area contributed by atoms with Crippen LogP contribution in [0.5, 0.6) is 0 Å². The summed E-state index contributed by atoms with van der Waals surface area (Å²) < 4.78 is 1.71. The summed E-state index contributed by atoms with van der Waals surface area (Å²) in [7, 11) is 0. The molecular weight excluding hydrogens is 400 g/mol. The first kappa shape index (κ1) is 20.4. The van der Waals surface area contributed by atoms with Gasteiger partial charge in [0.1, 0.15) is 0 Å². The lowest BCUT2D eigenvalue weighted by Crippen LogP contribution is -2.53. The molecule has 2 aliphatic rings. The zero-order valence-corrected chi connectivity index (χ0v) is 18.0. The van der Waals surface area contributed by atoms with Crippen molar-refractivity contribution in [3.8, 4) is 5.69 Å². The first-order valence-electron chi connectivity index (χ1n) is 11.2. The van der Waals surface area contributed by atoms with Crippen LogP contribution in [-0.4, -0.2) is 62.9 Å². The Morgan fingerprint density at radius 2 is 1.88 bits per heavy atom. The highest BCUT2D eigenvalue weighted by Gasteiger charge is 2.28. The fourth-order valence-electron chi connectivity index (χ4n) is 4.84.